The highest BCUT2D eigenvalue weighted by Crippen LogP contribution is 2.47. The number of halogens is 1. The summed E-state index contributed by atoms with van der Waals surface area (Å²) in [6, 6.07) is 3.10. The molecule has 0 saturated carbocycles. The second kappa shape index (κ2) is 8.07. The lowest BCUT2D eigenvalue weighted by Gasteiger charge is -2.17. The van der Waals surface area contributed by atoms with Crippen LogP contribution in [0, 0.1) is 15.9 Å². The summed E-state index contributed by atoms with van der Waals surface area (Å²) in [5, 5.41) is 13.5. The van der Waals surface area contributed by atoms with Gasteiger partial charge in [0, 0.05) is 18.7 Å². The third-order valence-corrected chi connectivity index (χ3v) is 4.58. The van der Waals surface area contributed by atoms with Gasteiger partial charge in [-0.05, 0) is 19.9 Å². The Morgan fingerprint density at radius 1 is 1.33 bits per heavy atom. The molecule has 0 bridgehead atoms. The molecule has 0 aromatic heterocycles. The summed E-state index contributed by atoms with van der Waals surface area (Å²) in [4.78, 5) is 10.2. The van der Waals surface area contributed by atoms with Gasteiger partial charge in [-0.15, -0.1) is 0 Å². The molecule has 1 aromatic carbocycles. The van der Waals surface area contributed by atoms with Crippen LogP contribution in [0.15, 0.2) is 18.2 Å². The van der Waals surface area contributed by atoms with E-state index < -0.39 is 18.3 Å². The van der Waals surface area contributed by atoms with Crippen molar-refractivity contribution in [3.63, 3.8) is 0 Å². The van der Waals surface area contributed by atoms with Gasteiger partial charge in [0.25, 0.3) is 5.69 Å². The van der Waals surface area contributed by atoms with Crippen molar-refractivity contribution >= 4 is 19.0 Å². The van der Waals surface area contributed by atoms with Gasteiger partial charge in [0.2, 0.25) is 0 Å². The summed E-state index contributed by atoms with van der Waals surface area (Å²) in [6.45, 7) is 3.95. The normalized spacial score (nSPS) is 11.4. The Balaban J connectivity index is 2.73. The van der Waals surface area contributed by atoms with E-state index in [0.717, 1.165) is 18.2 Å². The number of nitrogens with zero attached hydrogens (tertiary/aromatic N) is 1. The van der Waals surface area contributed by atoms with Crippen molar-refractivity contribution < 1.29 is 22.9 Å². The molecule has 0 unspecified atom stereocenters. The van der Waals surface area contributed by atoms with E-state index in [1.807, 2.05) is 0 Å². The van der Waals surface area contributed by atoms with Crippen LogP contribution in [-0.2, 0) is 13.6 Å². The quantitative estimate of drug-likeness (QED) is 0.426. The Labute approximate surface area is 122 Å². The zero-order valence-corrected chi connectivity index (χ0v) is 12.8. The molecule has 0 aliphatic heterocycles. The molecule has 1 N–H and O–H groups in total. The number of hydrogen-bond donors (Lipinski definition) is 1. The van der Waals surface area contributed by atoms with Crippen LogP contribution in [0.2, 0.25) is 0 Å². The molecule has 0 amide bonds. The first-order chi connectivity index (χ1) is 9.91. The minimum absolute atomic E-state index is 0.0274. The third-order valence-electron chi connectivity index (χ3n) is 2.51. The van der Waals surface area contributed by atoms with Gasteiger partial charge < -0.3 is 14.4 Å². The average Bonchev–Trinajstić information content (AvgIpc) is 2.38. The highest BCUT2D eigenvalue weighted by atomic mass is 31.2. The number of nitrogens with one attached hydrogen (secondary N) is 1. The fourth-order valence-electron chi connectivity index (χ4n) is 1.70. The summed E-state index contributed by atoms with van der Waals surface area (Å²) in [5.74, 6) is -0.596. The zero-order chi connectivity index (χ0) is 15.9. The van der Waals surface area contributed by atoms with Crippen LogP contribution >= 0.6 is 7.60 Å². The molecule has 0 heterocycles. The van der Waals surface area contributed by atoms with Crippen molar-refractivity contribution in [2.24, 2.45) is 0 Å². The Bertz CT molecular complexity index is 530. The monoisotopic (exact) mass is 320 g/mol. The average molecular weight is 320 g/mol. The fraction of sp³-hybridized carbons (Fsp3) is 0.500. The molecule has 0 radical (unpaired) electrons. The maximum absolute atomic E-state index is 13.1. The van der Waals surface area contributed by atoms with Crippen LogP contribution in [0.3, 0.4) is 0 Å². The third kappa shape index (κ3) is 5.41. The minimum atomic E-state index is -3.23. The van der Waals surface area contributed by atoms with Crippen molar-refractivity contribution in [3.05, 3.63) is 34.1 Å². The van der Waals surface area contributed by atoms with Gasteiger partial charge in [0.05, 0.1) is 24.3 Å². The van der Waals surface area contributed by atoms with E-state index >= 15 is 0 Å². The first kappa shape index (κ1) is 17.6. The van der Waals surface area contributed by atoms with Gasteiger partial charge in [-0.25, -0.2) is 4.39 Å². The van der Waals surface area contributed by atoms with E-state index in [-0.39, 0.29) is 37.3 Å². The van der Waals surface area contributed by atoms with Crippen LogP contribution in [-0.4, -0.2) is 30.8 Å². The Morgan fingerprint density at radius 3 is 2.48 bits per heavy atom. The molecule has 0 atom stereocenters. The molecule has 0 fully saturated rings. The summed E-state index contributed by atoms with van der Waals surface area (Å²) in [7, 11) is -3.23. The predicted octanol–water partition coefficient (Wildman–Crippen LogP) is 3.41. The van der Waals surface area contributed by atoms with Gasteiger partial charge in [-0.1, -0.05) is 0 Å². The Hall–Kier alpha value is -1.50. The lowest BCUT2D eigenvalue weighted by atomic mass is 10.2. The number of nitro benzene ring substituents is 1. The van der Waals surface area contributed by atoms with Crippen LogP contribution < -0.4 is 5.32 Å². The van der Waals surface area contributed by atoms with Crippen LogP contribution in [0.25, 0.3) is 0 Å². The summed E-state index contributed by atoms with van der Waals surface area (Å²) in [5.41, 5.74) is -0.224. The molecule has 21 heavy (non-hydrogen) atoms. The summed E-state index contributed by atoms with van der Waals surface area (Å²) in [6.07, 6.45) is 0.0301. The molecule has 1 aromatic rings. The van der Waals surface area contributed by atoms with E-state index in [1.54, 1.807) is 13.8 Å². The van der Waals surface area contributed by atoms with Crippen molar-refractivity contribution in [2.75, 3.05) is 31.2 Å². The lowest BCUT2D eigenvalue weighted by Crippen LogP contribution is -2.11. The first-order valence-electron chi connectivity index (χ1n) is 6.47. The van der Waals surface area contributed by atoms with E-state index in [4.69, 9.17) is 9.05 Å². The molecule has 9 heteroatoms. The molecule has 118 valence electrons. The molecule has 0 aliphatic rings. The topological polar surface area (TPSA) is 90.7 Å². The minimum Gasteiger partial charge on any atom is -0.379 e. The van der Waals surface area contributed by atoms with E-state index in [0.29, 0.717) is 0 Å². The molecule has 0 aliphatic carbocycles. The highest BCUT2D eigenvalue weighted by molar-refractivity contribution is 7.53. The van der Waals surface area contributed by atoms with Crippen LogP contribution in [0.5, 0.6) is 0 Å². The molecule has 7 nitrogen and oxygen atoms in total. The van der Waals surface area contributed by atoms with E-state index in [9.17, 15) is 19.1 Å². The molecule has 1 rings (SSSR count). The number of benzene rings is 1. The zero-order valence-electron chi connectivity index (χ0n) is 11.9. The number of rotatable bonds is 9. The lowest BCUT2D eigenvalue weighted by molar-refractivity contribution is -0.384. The molecular weight excluding hydrogens is 302 g/mol. The van der Waals surface area contributed by atoms with E-state index in [1.165, 1.54) is 0 Å². The van der Waals surface area contributed by atoms with Gasteiger partial charge >= 0.3 is 7.60 Å². The van der Waals surface area contributed by atoms with Crippen molar-refractivity contribution in [1.82, 2.24) is 0 Å². The standard InChI is InChI=1S/C12H18FN2O5P/c1-3-19-21(18,20-4-2)8-7-14-11-9-10(13)5-6-12(11)15(16)17/h5-6,9,14H,3-4,7-8H2,1-2H3. The second-order valence-electron chi connectivity index (χ2n) is 4.02. The highest BCUT2D eigenvalue weighted by Gasteiger charge is 2.23. The smallest absolute Gasteiger partial charge is 0.332 e. The Kier molecular flexibility index (Phi) is 6.74. The van der Waals surface area contributed by atoms with Gasteiger partial charge in [-0.3, -0.25) is 14.7 Å². The molecule has 0 saturated heterocycles. The number of nitro groups is 1. The largest absolute Gasteiger partial charge is 0.379 e. The maximum Gasteiger partial charge on any atom is 0.332 e. The SMILES string of the molecule is CCOP(=O)(CCNc1cc(F)ccc1[N+](=O)[O-])OCC. The summed E-state index contributed by atoms with van der Waals surface area (Å²) >= 11 is 0. The second-order valence-corrected chi connectivity index (χ2v) is 6.20. The maximum atomic E-state index is 13.1. The molecule has 0 spiro atoms. The molecular formula is C12H18FN2O5P. The Morgan fingerprint density at radius 2 is 1.95 bits per heavy atom. The summed E-state index contributed by atoms with van der Waals surface area (Å²) < 4.78 is 35.5. The number of anilines is 1. The van der Waals surface area contributed by atoms with Crippen molar-refractivity contribution in [3.8, 4) is 0 Å². The van der Waals surface area contributed by atoms with E-state index in [2.05, 4.69) is 5.32 Å². The fourth-order valence-corrected chi connectivity index (χ4v) is 3.20. The van der Waals surface area contributed by atoms with Crippen LogP contribution in [0.1, 0.15) is 13.8 Å². The predicted molar refractivity (Wildman–Crippen MR) is 77.3 cm³/mol. The van der Waals surface area contributed by atoms with Gasteiger partial charge in [0.1, 0.15) is 11.5 Å². The van der Waals surface area contributed by atoms with Gasteiger partial charge in [0.15, 0.2) is 0 Å². The van der Waals surface area contributed by atoms with Crippen molar-refractivity contribution in [1.29, 1.82) is 0 Å². The van der Waals surface area contributed by atoms with Crippen molar-refractivity contribution in [2.45, 2.75) is 13.8 Å². The number of hydrogen-bond acceptors (Lipinski definition) is 6. The van der Waals surface area contributed by atoms with Crippen LogP contribution in [0.4, 0.5) is 15.8 Å². The first-order valence-corrected chi connectivity index (χ1v) is 8.20. The van der Waals surface area contributed by atoms with Gasteiger partial charge in [-0.2, -0.15) is 0 Å².